The second-order valence-electron chi connectivity index (χ2n) is 5.59. The Morgan fingerprint density at radius 2 is 2.27 bits per heavy atom. The van der Waals surface area contributed by atoms with Crippen molar-refractivity contribution in [3.63, 3.8) is 0 Å². The topological polar surface area (TPSA) is 29.4 Å². The first-order chi connectivity index (χ1) is 6.99. The average molecular weight is 203 g/mol. The molecule has 2 heterocycles. The van der Waals surface area contributed by atoms with Crippen molar-refractivity contribution in [1.82, 2.24) is 0 Å². The van der Waals surface area contributed by atoms with E-state index in [1.807, 2.05) is 6.21 Å². The van der Waals surface area contributed by atoms with Gasteiger partial charge in [-0.2, -0.15) is 0 Å². The molecule has 1 atom stereocenters. The largest absolute Gasteiger partial charge is 0.307 e. The van der Waals surface area contributed by atoms with Crippen LogP contribution in [0, 0.1) is 5.92 Å². The van der Waals surface area contributed by atoms with Gasteiger partial charge in [0.2, 0.25) is 7.28 Å². The maximum Gasteiger partial charge on any atom is 0.217 e. The van der Waals surface area contributed by atoms with E-state index in [0.717, 1.165) is 30.5 Å². The Bertz CT molecular complexity index is 355. The van der Waals surface area contributed by atoms with E-state index < -0.39 is 0 Å². The number of allylic oxidation sites excluding steroid dienone is 2. The Hall–Kier alpha value is -0.855. The summed E-state index contributed by atoms with van der Waals surface area (Å²) in [5.41, 5.74) is 2.40. The van der Waals surface area contributed by atoms with Gasteiger partial charge in [0.25, 0.3) is 0 Å². The second-order valence-corrected chi connectivity index (χ2v) is 5.59. The fourth-order valence-corrected chi connectivity index (χ4v) is 2.62. The van der Waals surface area contributed by atoms with Crippen molar-refractivity contribution in [2.45, 2.75) is 45.3 Å². The first kappa shape index (κ1) is 10.7. The fourth-order valence-electron chi connectivity index (χ4n) is 2.62. The molecule has 0 fully saturated rings. The molecule has 0 saturated heterocycles. The van der Waals surface area contributed by atoms with Crippen LogP contribution in [0.5, 0.6) is 0 Å². The molecule has 0 aromatic heterocycles. The molecule has 2 nitrogen and oxygen atoms in total. The lowest BCUT2D eigenvalue weighted by Gasteiger charge is -2.30. The van der Waals surface area contributed by atoms with Crippen LogP contribution >= 0.6 is 0 Å². The van der Waals surface area contributed by atoms with Crippen molar-refractivity contribution >= 4 is 19.2 Å². The van der Waals surface area contributed by atoms with E-state index in [0.29, 0.717) is 18.9 Å². The van der Waals surface area contributed by atoms with Gasteiger partial charge in [-0.25, -0.2) is 0 Å². The molecule has 0 bridgehead atoms. The number of aliphatic imine (C=N–C) groups is 1. The van der Waals surface area contributed by atoms with Crippen LogP contribution in [0.15, 0.2) is 16.3 Å². The van der Waals surface area contributed by atoms with Gasteiger partial charge >= 0.3 is 0 Å². The van der Waals surface area contributed by atoms with Crippen LogP contribution in [-0.4, -0.2) is 19.2 Å². The molecule has 0 aliphatic carbocycles. The van der Waals surface area contributed by atoms with Gasteiger partial charge in [0.15, 0.2) is 0 Å². The van der Waals surface area contributed by atoms with E-state index in [1.165, 1.54) is 0 Å². The quantitative estimate of drug-likeness (QED) is 0.555. The van der Waals surface area contributed by atoms with E-state index in [9.17, 15) is 4.79 Å². The molecular formula is C12H18BNO. The lowest BCUT2D eigenvalue weighted by Crippen LogP contribution is -2.31. The standard InChI is InChI=1S/C12H18BNO/c1-8-5-4-6-14-9-7-12(2,3)13-11(15)10(8)9/h6,8,13H,4-5,7H2,1-3H3. The van der Waals surface area contributed by atoms with Crippen LogP contribution in [0.4, 0.5) is 0 Å². The first-order valence-electron chi connectivity index (χ1n) is 5.78. The number of hydrogen-bond donors (Lipinski definition) is 0. The molecule has 0 aromatic carbocycles. The molecular weight excluding hydrogens is 185 g/mol. The van der Waals surface area contributed by atoms with Gasteiger partial charge in [-0.1, -0.05) is 20.8 Å². The highest BCUT2D eigenvalue weighted by molar-refractivity contribution is 6.80. The summed E-state index contributed by atoms with van der Waals surface area (Å²) in [7, 11) is 0.686. The molecule has 0 spiro atoms. The van der Waals surface area contributed by atoms with E-state index in [-0.39, 0.29) is 5.31 Å². The van der Waals surface area contributed by atoms with Gasteiger partial charge < -0.3 is 4.79 Å². The summed E-state index contributed by atoms with van der Waals surface area (Å²) in [5, 5.41) is 0.0946. The minimum Gasteiger partial charge on any atom is -0.307 e. The predicted molar refractivity (Wildman–Crippen MR) is 64.7 cm³/mol. The maximum atomic E-state index is 12.1. The van der Waals surface area contributed by atoms with Gasteiger partial charge in [0.05, 0.1) is 0 Å². The third-order valence-corrected chi connectivity index (χ3v) is 3.37. The highest BCUT2D eigenvalue weighted by Gasteiger charge is 2.36. The van der Waals surface area contributed by atoms with Crippen LogP contribution < -0.4 is 0 Å². The molecule has 2 aliphatic heterocycles. The number of carbonyl (C=O) groups is 1. The number of carbonyl (C=O) groups excluding carboxylic acids is 1. The van der Waals surface area contributed by atoms with Crippen molar-refractivity contribution in [1.29, 1.82) is 0 Å². The number of nitrogens with zero attached hydrogens (tertiary/aromatic N) is 1. The van der Waals surface area contributed by atoms with Gasteiger partial charge in [-0.05, 0) is 30.5 Å². The molecule has 0 N–H and O–H groups in total. The Morgan fingerprint density at radius 3 is 3.00 bits per heavy atom. The number of hydrogen-bond acceptors (Lipinski definition) is 2. The normalized spacial score (nSPS) is 29.5. The highest BCUT2D eigenvalue weighted by Crippen LogP contribution is 2.41. The minimum absolute atomic E-state index is 0.0946. The zero-order valence-corrected chi connectivity index (χ0v) is 9.84. The SMILES string of the molecule is CC1CCC=NC2=C1C(=O)BC(C)(C)C2. The highest BCUT2D eigenvalue weighted by atomic mass is 16.1. The van der Waals surface area contributed by atoms with Crippen molar-refractivity contribution in [3.8, 4) is 0 Å². The maximum absolute atomic E-state index is 12.1. The van der Waals surface area contributed by atoms with Crippen LogP contribution in [0.25, 0.3) is 0 Å². The molecule has 15 heavy (non-hydrogen) atoms. The zero-order valence-electron chi connectivity index (χ0n) is 9.84. The van der Waals surface area contributed by atoms with Crippen molar-refractivity contribution < 1.29 is 4.79 Å². The van der Waals surface area contributed by atoms with E-state index in [2.05, 4.69) is 25.8 Å². The molecule has 0 aromatic rings. The average Bonchev–Trinajstić information content (AvgIpc) is 2.25. The van der Waals surface area contributed by atoms with Crippen molar-refractivity contribution in [2.75, 3.05) is 0 Å². The predicted octanol–water partition coefficient (Wildman–Crippen LogP) is 2.31. The Balaban J connectivity index is 2.42. The molecule has 0 saturated carbocycles. The molecule has 2 rings (SSSR count). The summed E-state index contributed by atoms with van der Waals surface area (Å²) >= 11 is 0. The van der Waals surface area contributed by atoms with Crippen molar-refractivity contribution in [2.24, 2.45) is 10.9 Å². The van der Waals surface area contributed by atoms with Gasteiger partial charge in [-0.15, -0.1) is 0 Å². The van der Waals surface area contributed by atoms with E-state index >= 15 is 0 Å². The van der Waals surface area contributed by atoms with Crippen LogP contribution in [0.2, 0.25) is 5.31 Å². The molecule has 1 unspecified atom stereocenters. The first-order valence-corrected chi connectivity index (χ1v) is 5.78. The Kier molecular flexibility index (Phi) is 2.57. The van der Waals surface area contributed by atoms with E-state index in [4.69, 9.17) is 0 Å². The molecule has 0 radical (unpaired) electrons. The summed E-state index contributed by atoms with van der Waals surface area (Å²) < 4.78 is 0. The molecule has 80 valence electrons. The minimum atomic E-state index is 0.0946. The van der Waals surface area contributed by atoms with Gasteiger partial charge in [0.1, 0.15) is 5.68 Å². The van der Waals surface area contributed by atoms with Gasteiger partial charge in [0, 0.05) is 17.5 Å². The molecule has 2 aliphatic rings. The van der Waals surface area contributed by atoms with Crippen LogP contribution in [0.1, 0.15) is 40.0 Å². The number of rotatable bonds is 0. The van der Waals surface area contributed by atoms with Crippen LogP contribution in [-0.2, 0) is 4.79 Å². The Morgan fingerprint density at radius 1 is 1.53 bits per heavy atom. The zero-order chi connectivity index (χ0) is 11.1. The van der Waals surface area contributed by atoms with Crippen LogP contribution in [0.3, 0.4) is 0 Å². The second kappa shape index (κ2) is 3.62. The summed E-state index contributed by atoms with van der Waals surface area (Å²) in [6, 6.07) is 0. The Labute approximate surface area is 92.1 Å². The smallest absolute Gasteiger partial charge is 0.217 e. The summed E-state index contributed by atoms with van der Waals surface area (Å²) in [6.45, 7) is 6.46. The van der Waals surface area contributed by atoms with Crippen molar-refractivity contribution in [3.05, 3.63) is 11.3 Å². The summed E-state index contributed by atoms with van der Waals surface area (Å²) in [5.74, 6) is 0.395. The summed E-state index contributed by atoms with van der Waals surface area (Å²) in [6.07, 6.45) is 5.00. The van der Waals surface area contributed by atoms with E-state index in [1.54, 1.807) is 0 Å². The monoisotopic (exact) mass is 203 g/mol. The van der Waals surface area contributed by atoms with Gasteiger partial charge in [-0.3, -0.25) is 4.99 Å². The summed E-state index contributed by atoms with van der Waals surface area (Å²) in [4.78, 5) is 16.6. The molecule has 3 heteroatoms. The lowest BCUT2D eigenvalue weighted by molar-refractivity contribution is -0.109. The molecule has 0 amide bonds. The lowest BCUT2D eigenvalue weighted by atomic mass is 9.45. The third-order valence-electron chi connectivity index (χ3n) is 3.37. The third kappa shape index (κ3) is 2.06. The fraction of sp³-hybridized carbons (Fsp3) is 0.667.